The molecule has 0 amide bonds. The summed E-state index contributed by atoms with van der Waals surface area (Å²) in [6, 6.07) is 5.06. The first-order valence-corrected chi connectivity index (χ1v) is 10.9. The van der Waals surface area contributed by atoms with Crippen molar-refractivity contribution in [3.63, 3.8) is 0 Å². The number of amidine groups is 1. The van der Waals surface area contributed by atoms with E-state index in [0.29, 0.717) is 52.0 Å². The van der Waals surface area contributed by atoms with E-state index in [9.17, 15) is 9.90 Å². The van der Waals surface area contributed by atoms with E-state index in [1.54, 1.807) is 30.0 Å². The number of ketones is 1. The Morgan fingerprint density at radius 1 is 1.35 bits per heavy atom. The van der Waals surface area contributed by atoms with Crippen LogP contribution in [0.15, 0.2) is 46.7 Å². The number of phenols is 1. The number of nitrogens with one attached hydrogen (secondary N) is 2. The standard InChI is InChI=1S/C24H32N4O2S/c1-8-10-19(25)22-14(3)15(4)26-23(27-22)18-13-17(11-12-20(18)29)28(16(5)31)24(6,7)21(30)9-2/h11-13,25,29H,4,8-10H2,1-3,5-7H3,(H,26,27). The van der Waals surface area contributed by atoms with Crippen molar-refractivity contribution in [3.05, 3.63) is 47.3 Å². The number of hydrogen-bond acceptors (Lipinski definition) is 6. The fourth-order valence-electron chi connectivity index (χ4n) is 3.70. The Kier molecular flexibility index (Phi) is 7.54. The van der Waals surface area contributed by atoms with Gasteiger partial charge in [0.2, 0.25) is 0 Å². The molecular formula is C24H32N4O2S. The molecule has 0 saturated carbocycles. The third-order valence-corrected chi connectivity index (χ3v) is 5.64. The highest BCUT2D eigenvalue weighted by molar-refractivity contribution is 7.80. The molecule has 0 aliphatic carbocycles. The van der Waals surface area contributed by atoms with E-state index >= 15 is 0 Å². The van der Waals surface area contributed by atoms with E-state index < -0.39 is 5.54 Å². The van der Waals surface area contributed by atoms with Gasteiger partial charge in [0.15, 0.2) is 5.78 Å². The van der Waals surface area contributed by atoms with Gasteiger partial charge in [-0.3, -0.25) is 4.79 Å². The Bertz CT molecular complexity index is 1000. The lowest BCUT2D eigenvalue weighted by atomic mass is 9.93. The molecular weight excluding hydrogens is 408 g/mol. The van der Waals surface area contributed by atoms with E-state index in [1.165, 1.54) is 0 Å². The van der Waals surface area contributed by atoms with Gasteiger partial charge in [-0.25, -0.2) is 4.99 Å². The van der Waals surface area contributed by atoms with Crippen LogP contribution in [0.1, 0.15) is 66.4 Å². The van der Waals surface area contributed by atoms with Gasteiger partial charge < -0.3 is 20.7 Å². The summed E-state index contributed by atoms with van der Waals surface area (Å²) in [6.07, 6.45) is 1.83. The van der Waals surface area contributed by atoms with Gasteiger partial charge in [0, 0.05) is 17.8 Å². The summed E-state index contributed by atoms with van der Waals surface area (Å²) in [5, 5.41) is 22.1. The lowest BCUT2D eigenvalue weighted by Gasteiger charge is -2.38. The molecule has 31 heavy (non-hydrogen) atoms. The van der Waals surface area contributed by atoms with Crippen LogP contribution in [0.4, 0.5) is 5.69 Å². The molecule has 1 aromatic carbocycles. The highest BCUT2D eigenvalue weighted by atomic mass is 32.1. The maximum atomic E-state index is 12.6. The second-order valence-corrected chi connectivity index (χ2v) is 8.75. The lowest BCUT2D eigenvalue weighted by molar-refractivity contribution is -0.122. The zero-order valence-corrected chi connectivity index (χ0v) is 20.0. The van der Waals surface area contributed by atoms with Crippen LogP contribution in [0.25, 0.3) is 0 Å². The molecule has 166 valence electrons. The van der Waals surface area contributed by atoms with Crippen molar-refractivity contribution in [2.24, 2.45) is 4.99 Å². The van der Waals surface area contributed by atoms with E-state index in [4.69, 9.17) is 17.6 Å². The van der Waals surface area contributed by atoms with Crippen molar-refractivity contribution in [3.8, 4) is 5.75 Å². The van der Waals surface area contributed by atoms with E-state index in [0.717, 1.165) is 12.0 Å². The maximum Gasteiger partial charge on any atom is 0.157 e. The summed E-state index contributed by atoms with van der Waals surface area (Å²) in [5.41, 5.74) is 2.73. The Balaban J connectivity index is 2.62. The van der Waals surface area contributed by atoms with Gasteiger partial charge in [0.1, 0.15) is 11.6 Å². The zero-order chi connectivity index (χ0) is 23.5. The third kappa shape index (κ3) is 4.93. The van der Waals surface area contributed by atoms with Crippen LogP contribution in [0.3, 0.4) is 0 Å². The topological polar surface area (TPSA) is 88.8 Å². The number of allylic oxidation sites excluding steroid dienone is 2. The minimum absolute atomic E-state index is 0.0327. The molecule has 7 heteroatoms. The van der Waals surface area contributed by atoms with Gasteiger partial charge in [0.25, 0.3) is 0 Å². The van der Waals surface area contributed by atoms with Crippen LogP contribution >= 0.6 is 12.2 Å². The SMILES string of the molecule is C=C1NC(c2cc(N(C(C)=S)C(C)(C)C(=O)CC)ccc2O)=NC(C(=N)CCC)=C1C. The van der Waals surface area contributed by atoms with Crippen molar-refractivity contribution in [2.45, 2.75) is 66.3 Å². The number of rotatable bonds is 8. The molecule has 1 aliphatic heterocycles. The first-order chi connectivity index (χ1) is 14.4. The number of nitrogens with zero attached hydrogens (tertiary/aromatic N) is 2. The second kappa shape index (κ2) is 9.56. The maximum absolute atomic E-state index is 12.6. The van der Waals surface area contributed by atoms with Crippen LogP contribution in [-0.2, 0) is 4.79 Å². The fraction of sp³-hybridized carbons (Fsp3) is 0.417. The molecule has 0 saturated heterocycles. The molecule has 0 unspecified atom stereocenters. The van der Waals surface area contributed by atoms with Crippen LogP contribution in [-0.4, -0.2) is 33.0 Å². The number of benzene rings is 1. The molecule has 0 spiro atoms. The minimum Gasteiger partial charge on any atom is -0.507 e. The highest BCUT2D eigenvalue weighted by Gasteiger charge is 2.35. The fourth-order valence-corrected chi connectivity index (χ4v) is 4.03. The van der Waals surface area contributed by atoms with Gasteiger partial charge in [-0.05, 0) is 57.9 Å². The number of phenolic OH excluding ortho intramolecular Hbond substituents is 1. The van der Waals surface area contributed by atoms with Crippen molar-refractivity contribution in [2.75, 3.05) is 4.90 Å². The number of Topliss-reactive ketones (excluding diaryl/α,β-unsaturated/α-hetero) is 1. The minimum atomic E-state index is -0.842. The van der Waals surface area contributed by atoms with Gasteiger partial charge in [0.05, 0.1) is 27.5 Å². The van der Waals surface area contributed by atoms with Crippen LogP contribution in [0.2, 0.25) is 0 Å². The number of carbonyl (C=O) groups is 1. The predicted octanol–water partition coefficient (Wildman–Crippen LogP) is 5.26. The average Bonchev–Trinajstić information content (AvgIpc) is 2.70. The molecule has 0 aromatic heterocycles. The quantitative estimate of drug-likeness (QED) is 0.379. The van der Waals surface area contributed by atoms with Crippen molar-refractivity contribution < 1.29 is 9.90 Å². The van der Waals surface area contributed by atoms with E-state index in [-0.39, 0.29) is 11.5 Å². The summed E-state index contributed by atoms with van der Waals surface area (Å²) in [6.45, 7) is 15.2. The largest absolute Gasteiger partial charge is 0.507 e. The van der Waals surface area contributed by atoms with Crippen molar-refractivity contribution in [1.82, 2.24) is 5.32 Å². The molecule has 0 atom stereocenters. The van der Waals surface area contributed by atoms with Gasteiger partial charge in [-0.2, -0.15) is 0 Å². The predicted molar refractivity (Wildman–Crippen MR) is 132 cm³/mol. The molecule has 1 heterocycles. The molecule has 0 bridgehead atoms. The molecule has 1 aromatic rings. The Morgan fingerprint density at radius 3 is 2.55 bits per heavy atom. The van der Waals surface area contributed by atoms with Crippen molar-refractivity contribution >= 4 is 40.2 Å². The Morgan fingerprint density at radius 2 is 2.00 bits per heavy atom. The number of aliphatic imine (C=N–C) groups is 1. The van der Waals surface area contributed by atoms with Crippen LogP contribution in [0, 0.1) is 5.41 Å². The monoisotopic (exact) mass is 440 g/mol. The molecule has 0 fully saturated rings. The van der Waals surface area contributed by atoms with Gasteiger partial charge in [-0.15, -0.1) is 0 Å². The smallest absolute Gasteiger partial charge is 0.157 e. The molecule has 0 radical (unpaired) electrons. The summed E-state index contributed by atoms with van der Waals surface area (Å²) in [4.78, 5) is 19.6. The molecule has 2 rings (SSSR count). The zero-order valence-electron chi connectivity index (χ0n) is 19.2. The van der Waals surface area contributed by atoms with Crippen molar-refractivity contribution in [1.29, 1.82) is 5.41 Å². The van der Waals surface area contributed by atoms with Gasteiger partial charge in [-0.1, -0.05) is 39.1 Å². The number of hydrogen-bond donors (Lipinski definition) is 3. The van der Waals surface area contributed by atoms with E-state index in [2.05, 4.69) is 16.9 Å². The summed E-state index contributed by atoms with van der Waals surface area (Å²) in [7, 11) is 0. The molecule has 1 aliphatic rings. The second-order valence-electron chi connectivity index (χ2n) is 8.16. The normalized spacial score (nSPS) is 14.1. The number of carbonyl (C=O) groups excluding carboxylic acids is 1. The van der Waals surface area contributed by atoms with E-state index in [1.807, 2.05) is 34.6 Å². The van der Waals surface area contributed by atoms with Crippen LogP contribution in [0.5, 0.6) is 5.75 Å². The summed E-state index contributed by atoms with van der Waals surface area (Å²) in [5.74, 6) is 0.499. The average molecular weight is 441 g/mol. The summed E-state index contributed by atoms with van der Waals surface area (Å²) >= 11 is 5.48. The highest BCUT2D eigenvalue weighted by Crippen LogP contribution is 2.32. The number of thiocarbonyl (C=S) groups is 1. The number of aromatic hydroxyl groups is 1. The Hall–Kier alpha value is -2.80. The van der Waals surface area contributed by atoms with Gasteiger partial charge >= 0.3 is 0 Å². The molecule has 6 nitrogen and oxygen atoms in total. The lowest BCUT2D eigenvalue weighted by Crippen LogP contribution is -2.52. The first kappa shape index (κ1) is 24.5. The number of anilines is 1. The molecule has 3 N–H and O–H groups in total. The third-order valence-electron chi connectivity index (χ3n) is 5.46. The first-order valence-electron chi connectivity index (χ1n) is 10.5. The Labute approximate surface area is 190 Å². The van der Waals surface area contributed by atoms with Crippen LogP contribution < -0.4 is 10.2 Å². The summed E-state index contributed by atoms with van der Waals surface area (Å²) < 4.78 is 0.